The van der Waals surface area contributed by atoms with Crippen LogP contribution in [0, 0.1) is 12.8 Å². The summed E-state index contributed by atoms with van der Waals surface area (Å²) in [6.07, 6.45) is -1.15. The molecule has 152 valence electrons. The second-order valence-corrected chi connectivity index (χ2v) is 7.24. The van der Waals surface area contributed by atoms with Crippen LogP contribution in [0.3, 0.4) is 0 Å². The molecule has 0 saturated carbocycles. The van der Waals surface area contributed by atoms with Crippen LogP contribution in [0.2, 0.25) is 0 Å². The van der Waals surface area contributed by atoms with Crippen LogP contribution in [0.4, 0.5) is 18.9 Å². The molecule has 2 heterocycles. The Morgan fingerprint density at radius 3 is 2.71 bits per heavy atom. The number of nitrogens with one attached hydrogen (secondary N) is 2. The number of hydrogen-bond donors (Lipinski definition) is 2. The Bertz CT molecular complexity index is 788. The van der Waals surface area contributed by atoms with Crippen LogP contribution >= 0.6 is 0 Å². The van der Waals surface area contributed by atoms with Crippen molar-refractivity contribution < 1.29 is 18.0 Å². The number of nitrogens with zero attached hydrogens (tertiary/aromatic N) is 3. The van der Waals surface area contributed by atoms with Crippen LogP contribution in [0.15, 0.2) is 24.3 Å². The minimum absolute atomic E-state index is 0.179. The molecule has 0 radical (unpaired) electrons. The highest BCUT2D eigenvalue weighted by Crippen LogP contribution is 2.30. The second kappa shape index (κ2) is 8.72. The van der Waals surface area contributed by atoms with Gasteiger partial charge in [0.15, 0.2) is 5.82 Å². The molecule has 0 bridgehead atoms. The number of piperidine rings is 1. The van der Waals surface area contributed by atoms with E-state index < -0.39 is 11.7 Å². The van der Waals surface area contributed by atoms with Gasteiger partial charge in [0.2, 0.25) is 5.91 Å². The topological polar surface area (TPSA) is 73.9 Å². The summed E-state index contributed by atoms with van der Waals surface area (Å²) in [5.41, 5.74) is -0.349. The van der Waals surface area contributed by atoms with Gasteiger partial charge in [0, 0.05) is 18.7 Å². The summed E-state index contributed by atoms with van der Waals surface area (Å²) >= 11 is 0. The molecule has 1 aromatic carbocycles. The summed E-state index contributed by atoms with van der Waals surface area (Å²) in [6, 6.07) is 4.50. The van der Waals surface area contributed by atoms with E-state index >= 15 is 0 Å². The Morgan fingerprint density at radius 2 is 2.07 bits per heavy atom. The van der Waals surface area contributed by atoms with Gasteiger partial charge in [-0.1, -0.05) is 0 Å². The van der Waals surface area contributed by atoms with Crippen LogP contribution in [-0.2, 0) is 17.5 Å². The highest BCUT2D eigenvalue weighted by atomic mass is 19.4. The lowest BCUT2D eigenvalue weighted by Crippen LogP contribution is -2.35. The maximum atomic E-state index is 12.6. The Morgan fingerprint density at radius 1 is 1.32 bits per heavy atom. The summed E-state index contributed by atoms with van der Waals surface area (Å²) in [6.45, 7) is 4.44. The summed E-state index contributed by atoms with van der Waals surface area (Å²) < 4.78 is 37.7. The zero-order valence-electron chi connectivity index (χ0n) is 15.7. The Balaban J connectivity index is 1.43. The van der Waals surface area contributed by atoms with Gasteiger partial charge in [-0.15, -0.1) is 0 Å². The highest BCUT2D eigenvalue weighted by molar-refractivity contribution is 5.90. The number of hydrogen-bond acceptors (Lipinski definition) is 4. The summed E-state index contributed by atoms with van der Waals surface area (Å²) in [5, 5.41) is 9.68. The molecule has 1 aliphatic rings. The molecule has 1 fully saturated rings. The normalized spacial score (nSPS) is 18.2. The molecule has 1 amide bonds. The third kappa shape index (κ3) is 5.79. The van der Waals surface area contributed by atoms with Gasteiger partial charge in [-0.3, -0.25) is 14.8 Å². The Labute approximate surface area is 161 Å². The number of rotatable bonds is 6. The van der Waals surface area contributed by atoms with E-state index in [2.05, 4.69) is 25.4 Å². The fourth-order valence-electron chi connectivity index (χ4n) is 3.49. The van der Waals surface area contributed by atoms with E-state index in [1.807, 2.05) is 6.92 Å². The van der Waals surface area contributed by atoms with Crippen molar-refractivity contribution in [1.29, 1.82) is 0 Å². The van der Waals surface area contributed by atoms with Crippen molar-refractivity contribution in [3.05, 3.63) is 41.5 Å². The lowest BCUT2D eigenvalue weighted by atomic mass is 9.93. The van der Waals surface area contributed by atoms with Crippen molar-refractivity contribution in [3.63, 3.8) is 0 Å². The van der Waals surface area contributed by atoms with Gasteiger partial charge >= 0.3 is 6.18 Å². The van der Waals surface area contributed by atoms with Gasteiger partial charge in [-0.25, -0.2) is 4.98 Å². The monoisotopic (exact) mass is 395 g/mol. The number of anilines is 1. The average Bonchev–Trinajstić information content (AvgIpc) is 3.05. The van der Waals surface area contributed by atoms with Crippen molar-refractivity contribution in [1.82, 2.24) is 20.1 Å². The molecule has 1 saturated heterocycles. The fraction of sp³-hybridized carbons (Fsp3) is 0.526. The first-order valence-electron chi connectivity index (χ1n) is 9.37. The molecule has 2 N–H and O–H groups in total. The van der Waals surface area contributed by atoms with Crippen LogP contribution in [0.1, 0.15) is 42.9 Å². The SMILES string of the molecule is Cc1nc(CN2CCCC(CCC(=O)Nc3ccc(C(F)(F)F)cc3)C2)n[nH]1. The van der Waals surface area contributed by atoms with E-state index in [1.54, 1.807) is 0 Å². The van der Waals surface area contributed by atoms with Crippen molar-refractivity contribution >= 4 is 11.6 Å². The van der Waals surface area contributed by atoms with Gasteiger partial charge < -0.3 is 5.32 Å². The van der Waals surface area contributed by atoms with Gasteiger partial charge in [-0.05, 0) is 62.9 Å². The molecule has 1 unspecified atom stereocenters. The van der Waals surface area contributed by atoms with Crippen molar-refractivity contribution in [2.24, 2.45) is 5.92 Å². The first-order valence-corrected chi connectivity index (χ1v) is 9.37. The maximum Gasteiger partial charge on any atom is 0.416 e. The molecule has 0 spiro atoms. The predicted molar refractivity (Wildman–Crippen MR) is 98.4 cm³/mol. The zero-order chi connectivity index (χ0) is 20.1. The minimum Gasteiger partial charge on any atom is -0.326 e. The van der Waals surface area contributed by atoms with Crippen LogP contribution in [0.25, 0.3) is 0 Å². The largest absolute Gasteiger partial charge is 0.416 e. The Hall–Kier alpha value is -2.42. The molecule has 6 nitrogen and oxygen atoms in total. The average molecular weight is 395 g/mol. The third-order valence-corrected chi connectivity index (χ3v) is 4.89. The molecular weight excluding hydrogens is 371 g/mol. The number of halogens is 3. The second-order valence-electron chi connectivity index (χ2n) is 7.24. The number of alkyl halides is 3. The van der Waals surface area contributed by atoms with Crippen molar-refractivity contribution in [3.8, 4) is 0 Å². The molecular formula is C19H24F3N5O. The predicted octanol–water partition coefficient (Wildman–Crippen LogP) is 3.76. The minimum atomic E-state index is -4.38. The van der Waals surface area contributed by atoms with Gasteiger partial charge in [-0.2, -0.15) is 18.3 Å². The number of aromatic amines is 1. The molecule has 3 rings (SSSR count). The fourth-order valence-corrected chi connectivity index (χ4v) is 3.49. The molecule has 0 aliphatic carbocycles. The lowest BCUT2D eigenvalue weighted by Gasteiger charge is -2.31. The zero-order valence-corrected chi connectivity index (χ0v) is 15.7. The number of aromatic nitrogens is 3. The number of amides is 1. The summed E-state index contributed by atoms with van der Waals surface area (Å²) in [4.78, 5) is 18.8. The van der Waals surface area contributed by atoms with Crippen LogP contribution in [0.5, 0.6) is 0 Å². The first-order chi connectivity index (χ1) is 13.3. The van der Waals surface area contributed by atoms with Crippen molar-refractivity contribution in [2.45, 2.75) is 45.3 Å². The van der Waals surface area contributed by atoms with Gasteiger partial charge in [0.25, 0.3) is 0 Å². The van der Waals surface area contributed by atoms with E-state index in [4.69, 9.17) is 0 Å². The van der Waals surface area contributed by atoms with Gasteiger partial charge in [0.1, 0.15) is 5.82 Å². The molecule has 28 heavy (non-hydrogen) atoms. The Kier molecular flexibility index (Phi) is 6.33. The molecule has 9 heteroatoms. The molecule has 1 atom stereocenters. The molecule has 1 aliphatic heterocycles. The van der Waals surface area contributed by atoms with E-state index in [-0.39, 0.29) is 5.91 Å². The summed E-state index contributed by atoms with van der Waals surface area (Å²) in [7, 11) is 0. The van der Waals surface area contributed by atoms with Crippen LogP contribution < -0.4 is 5.32 Å². The summed E-state index contributed by atoms with van der Waals surface area (Å²) in [5.74, 6) is 1.80. The maximum absolute atomic E-state index is 12.6. The first kappa shape index (κ1) is 20.3. The van der Waals surface area contributed by atoms with Crippen LogP contribution in [-0.4, -0.2) is 39.1 Å². The third-order valence-electron chi connectivity index (χ3n) is 4.89. The smallest absolute Gasteiger partial charge is 0.326 e. The highest BCUT2D eigenvalue weighted by Gasteiger charge is 2.30. The molecule has 2 aromatic rings. The number of carbonyl (C=O) groups is 1. The number of aryl methyl sites for hydroxylation is 1. The standard InChI is InChI=1S/C19H24F3N5O/c1-13-23-17(26-25-13)12-27-10-2-3-14(11-27)4-9-18(28)24-16-7-5-15(6-8-16)19(20,21)22/h5-8,14H,2-4,9-12H2,1H3,(H,24,28)(H,23,25,26). The van der Waals surface area contributed by atoms with E-state index in [1.165, 1.54) is 12.1 Å². The lowest BCUT2D eigenvalue weighted by molar-refractivity contribution is -0.137. The quantitative estimate of drug-likeness (QED) is 0.781. The number of carbonyl (C=O) groups excluding carboxylic acids is 1. The van der Waals surface area contributed by atoms with E-state index in [0.29, 0.717) is 24.6 Å². The number of H-pyrrole nitrogens is 1. The van der Waals surface area contributed by atoms with Gasteiger partial charge in [0.05, 0.1) is 12.1 Å². The molecule has 1 aromatic heterocycles. The number of benzene rings is 1. The van der Waals surface area contributed by atoms with E-state index in [0.717, 1.165) is 56.1 Å². The van der Waals surface area contributed by atoms with Crippen molar-refractivity contribution in [2.75, 3.05) is 18.4 Å². The van der Waals surface area contributed by atoms with E-state index in [9.17, 15) is 18.0 Å². The number of likely N-dealkylation sites (tertiary alicyclic amines) is 1.